The van der Waals surface area contributed by atoms with Crippen molar-refractivity contribution in [1.29, 1.82) is 0 Å². The first-order chi connectivity index (χ1) is 5.38. The standard InChI is InChI=1S/C9H14O2S/c1-5-9(12(4,10)11)7-6-8(2)3/h5-7H,1H2,2-4H3/b9-7+. The molecular formula is C9H14O2S. The summed E-state index contributed by atoms with van der Waals surface area (Å²) in [5, 5.41) is 0. The average molecular weight is 186 g/mol. The van der Waals surface area contributed by atoms with Crippen LogP contribution in [0.2, 0.25) is 0 Å². The van der Waals surface area contributed by atoms with Crippen molar-refractivity contribution in [2.45, 2.75) is 13.8 Å². The maximum absolute atomic E-state index is 11.0. The van der Waals surface area contributed by atoms with E-state index in [0.717, 1.165) is 5.57 Å². The smallest absolute Gasteiger partial charge is 0.175 e. The van der Waals surface area contributed by atoms with E-state index in [-0.39, 0.29) is 4.91 Å². The van der Waals surface area contributed by atoms with Crippen molar-refractivity contribution >= 4 is 9.84 Å². The fourth-order valence-corrected chi connectivity index (χ4v) is 1.21. The highest BCUT2D eigenvalue weighted by molar-refractivity contribution is 7.94. The van der Waals surface area contributed by atoms with Gasteiger partial charge in [0.05, 0.1) is 4.91 Å². The van der Waals surface area contributed by atoms with E-state index in [9.17, 15) is 8.42 Å². The Morgan fingerprint density at radius 1 is 1.25 bits per heavy atom. The van der Waals surface area contributed by atoms with Gasteiger partial charge in [0, 0.05) is 6.26 Å². The molecule has 0 fully saturated rings. The largest absolute Gasteiger partial charge is 0.224 e. The molecule has 0 heterocycles. The van der Waals surface area contributed by atoms with Crippen LogP contribution in [-0.2, 0) is 9.84 Å². The molecule has 0 amide bonds. The van der Waals surface area contributed by atoms with Crippen molar-refractivity contribution in [3.63, 3.8) is 0 Å². The van der Waals surface area contributed by atoms with Crippen LogP contribution in [0.25, 0.3) is 0 Å². The van der Waals surface area contributed by atoms with Crippen LogP contribution in [0.3, 0.4) is 0 Å². The summed E-state index contributed by atoms with van der Waals surface area (Å²) in [7, 11) is -3.11. The maximum Gasteiger partial charge on any atom is 0.175 e. The first-order valence-corrected chi connectivity index (χ1v) is 5.44. The highest BCUT2D eigenvalue weighted by atomic mass is 32.2. The van der Waals surface area contributed by atoms with Gasteiger partial charge in [-0.3, -0.25) is 0 Å². The molecule has 0 aliphatic heterocycles. The SMILES string of the molecule is C=C/C(=C\C=C(C)C)S(C)(=O)=O. The number of sulfone groups is 1. The molecule has 0 aromatic rings. The minimum Gasteiger partial charge on any atom is -0.224 e. The summed E-state index contributed by atoms with van der Waals surface area (Å²) in [5.74, 6) is 0. The monoisotopic (exact) mass is 186 g/mol. The molecule has 3 heteroatoms. The van der Waals surface area contributed by atoms with Gasteiger partial charge >= 0.3 is 0 Å². The summed E-state index contributed by atoms with van der Waals surface area (Å²) in [6.45, 7) is 7.23. The number of hydrogen-bond acceptors (Lipinski definition) is 2. The average Bonchev–Trinajstić information content (AvgIpc) is 1.85. The van der Waals surface area contributed by atoms with Gasteiger partial charge in [0.25, 0.3) is 0 Å². The normalized spacial score (nSPS) is 12.4. The van der Waals surface area contributed by atoms with Gasteiger partial charge in [-0.2, -0.15) is 0 Å². The lowest BCUT2D eigenvalue weighted by Crippen LogP contribution is -1.97. The number of hydrogen-bond donors (Lipinski definition) is 0. The summed E-state index contributed by atoms with van der Waals surface area (Å²) in [6, 6.07) is 0. The molecule has 2 nitrogen and oxygen atoms in total. The van der Waals surface area contributed by atoms with E-state index in [0.29, 0.717) is 0 Å². The maximum atomic E-state index is 11.0. The molecule has 0 atom stereocenters. The Bertz CT molecular complexity index is 314. The molecule has 0 bridgehead atoms. The van der Waals surface area contributed by atoms with Crippen LogP contribution in [0.5, 0.6) is 0 Å². The molecule has 0 aliphatic rings. The molecule has 0 saturated carbocycles. The topological polar surface area (TPSA) is 34.1 Å². The molecular weight excluding hydrogens is 172 g/mol. The van der Waals surface area contributed by atoms with Gasteiger partial charge in [-0.15, -0.1) is 0 Å². The number of allylic oxidation sites excluding steroid dienone is 4. The molecule has 12 heavy (non-hydrogen) atoms. The highest BCUT2D eigenvalue weighted by Crippen LogP contribution is 2.06. The van der Waals surface area contributed by atoms with Crippen LogP contribution in [0.1, 0.15) is 13.8 Å². The van der Waals surface area contributed by atoms with E-state index in [4.69, 9.17) is 0 Å². The number of rotatable bonds is 3. The first kappa shape index (κ1) is 11.2. The van der Waals surface area contributed by atoms with Crippen molar-refractivity contribution in [1.82, 2.24) is 0 Å². The van der Waals surface area contributed by atoms with E-state index in [1.165, 1.54) is 12.3 Å². The van der Waals surface area contributed by atoms with Crippen molar-refractivity contribution in [2.75, 3.05) is 6.26 Å². The van der Waals surface area contributed by atoms with Crippen molar-refractivity contribution in [2.24, 2.45) is 0 Å². The zero-order valence-electron chi connectivity index (χ0n) is 7.66. The van der Waals surface area contributed by atoms with E-state index < -0.39 is 9.84 Å². The second-order valence-corrected chi connectivity index (χ2v) is 4.81. The molecule has 0 aromatic heterocycles. The summed E-state index contributed by atoms with van der Waals surface area (Å²) in [5.41, 5.74) is 1.05. The summed E-state index contributed by atoms with van der Waals surface area (Å²) in [4.78, 5) is 0.253. The Labute approximate surface area is 74.2 Å². The Hall–Kier alpha value is -0.830. The second-order valence-electron chi connectivity index (χ2n) is 2.79. The van der Waals surface area contributed by atoms with E-state index in [2.05, 4.69) is 6.58 Å². The molecule has 0 aromatic carbocycles. The Morgan fingerprint density at radius 3 is 2.00 bits per heavy atom. The van der Waals surface area contributed by atoms with Crippen LogP contribution in [0, 0.1) is 0 Å². The summed E-state index contributed by atoms with van der Waals surface area (Å²) >= 11 is 0. The molecule has 0 spiro atoms. The third kappa shape index (κ3) is 4.13. The zero-order valence-corrected chi connectivity index (χ0v) is 8.48. The molecule has 0 radical (unpaired) electrons. The van der Waals surface area contributed by atoms with Crippen molar-refractivity contribution in [3.8, 4) is 0 Å². The van der Waals surface area contributed by atoms with Gasteiger partial charge in [-0.25, -0.2) is 8.42 Å². The van der Waals surface area contributed by atoms with Gasteiger partial charge in [0.2, 0.25) is 0 Å². The molecule has 68 valence electrons. The zero-order chi connectivity index (χ0) is 9.78. The van der Waals surface area contributed by atoms with Crippen LogP contribution < -0.4 is 0 Å². The predicted octanol–water partition coefficient (Wildman–Crippen LogP) is 2.07. The lowest BCUT2D eigenvalue weighted by molar-refractivity contribution is 0.608. The molecule has 0 unspecified atom stereocenters. The highest BCUT2D eigenvalue weighted by Gasteiger charge is 2.04. The van der Waals surface area contributed by atoms with E-state index in [1.807, 2.05) is 13.8 Å². The predicted molar refractivity (Wildman–Crippen MR) is 52.6 cm³/mol. The van der Waals surface area contributed by atoms with Crippen LogP contribution >= 0.6 is 0 Å². The lowest BCUT2D eigenvalue weighted by Gasteiger charge is -1.95. The fraction of sp³-hybridized carbons (Fsp3) is 0.333. The minimum absolute atomic E-state index is 0.253. The molecule has 0 N–H and O–H groups in total. The van der Waals surface area contributed by atoms with E-state index in [1.54, 1.807) is 12.2 Å². The van der Waals surface area contributed by atoms with Gasteiger partial charge in [-0.05, 0) is 19.9 Å². The van der Waals surface area contributed by atoms with Gasteiger partial charge < -0.3 is 0 Å². The second kappa shape index (κ2) is 4.26. The minimum atomic E-state index is -3.11. The van der Waals surface area contributed by atoms with Gasteiger partial charge in [0.1, 0.15) is 0 Å². The van der Waals surface area contributed by atoms with Gasteiger partial charge in [-0.1, -0.05) is 24.3 Å². The Morgan fingerprint density at radius 2 is 1.75 bits per heavy atom. The molecule has 0 rings (SSSR count). The van der Waals surface area contributed by atoms with Gasteiger partial charge in [0.15, 0.2) is 9.84 Å². The quantitative estimate of drug-likeness (QED) is 0.632. The van der Waals surface area contributed by atoms with Crippen LogP contribution in [0.15, 0.2) is 35.3 Å². The summed E-state index contributed by atoms with van der Waals surface area (Å²) < 4.78 is 22.0. The van der Waals surface area contributed by atoms with Crippen molar-refractivity contribution < 1.29 is 8.42 Å². The Balaban J connectivity index is 4.95. The lowest BCUT2D eigenvalue weighted by atomic mass is 10.3. The molecule has 0 saturated heterocycles. The van der Waals surface area contributed by atoms with Crippen molar-refractivity contribution in [3.05, 3.63) is 35.3 Å². The van der Waals surface area contributed by atoms with Crippen LogP contribution in [0.4, 0.5) is 0 Å². The third-order valence-corrected chi connectivity index (χ3v) is 2.37. The third-order valence-electron chi connectivity index (χ3n) is 1.21. The first-order valence-electron chi connectivity index (χ1n) is 3.55. The summed E-state index contributed by atoms with van der Waals surface area (Å²) in [6.07, 6.45) is 5.81. The molecule has 0 aliphatic carbocycles. The fourth-order valence-electron chi connectivity index (χ4n) is 0.592. The van der Waals surface area contributed by atoms with E-state index >= 15 is 0 Å². The Kier molecular flexibility index (Phi) is 3.96. The van der Waals surface area contributed by atoms with Crippen LogP contribution in [-0.4, -0.2) is 14.7 Å².